The van der Waals surface area contributed by atoms with Crippen LogP contribution in [-0.4, -0.2) is 18.0 Å². The number of allylic oxidation sites excluding steroid dienone is 3. The molecule has 134 valence electrons. The van der Waals surface area contributed by atoms with Gasteiger partial charge in [-0.1, -0.05) is 25.0 Å². The Hall–Kier alpha value is -1.84. The Labute approximate surface area is 148 Å². The average molecular weight is 342 g/mol. The Kier molecular flexibility index (Phi) is 3.71. The number of fused-ring (bicyclic) bond motifs is 2. The molecular weight excluding hydrogens is 316 g/mol. The van der Waals surface area contributed by atoms with Crippen molar-refractivity contribution in [3.63, 3.8) is 0 Å². The van der Waals surface area contributed by atoms with Crippen molar-refractivity contribution in [2.24, 2.45) is 17.3 Å². The molecule has 0 N–H and O–H groups in total. The first kappa shape index (κ1) is 16.6. The maximum absolute atomic E-state index is 12.6. The maximum atomic E-state index is 12.6. The SMILES string of the molecule is CC1=C(C)[C@@H](O/C=C2/C(=O)C[C@@H]3C4=C(CCCC4(C)C)C[C@H]23)OC1=O. The lowest BCUT2D eigenvalue weighted by atomic mass is 9.70. The summed E-state index contributed by atoms with van der Waals surface area (Å²) >= 11 is 0. The molecule has 4 heteroatoms. The third kappa shape index (κ3) is 2.49. The van der Waals surface area contributed by atoms with Gasteiger partial charge in [-0.2, -0.15) is 0 Å². The molecule has 3 aliphatic carbocycles. The van der Waals surface area contributed by atoms with Gasteiger partial charge in [0, 0.05) is 29.1 Å². The van der Waals surface area contributed by atoms with Crippen molar-refractivity contribution in [1.29, 1.82) is 0 Å². The zero-order valence-electron chi connectivity index (χ0n) is 15.5. The van der Waals surface area contributed by atoms with Gasteiger partial charge in [0.2, 0.25) is 0 Å². The number of Topliss-reactive ketones (excluding diaryl/α,β-unsaturated/α-hetero) is 1. The van der Waals surface area contributed by atoms with Gasteiger partial charge in [-0.3, -0.25) is 4.79 Å². The standard InChI is InChI=1S/C21H26O4/c1-11-12(2)20(25-19(11)23)24-10-16-14-8-13-6-5-7-21(3,4)18(13)15(14)9-17(16)22/h10,14-15,20H,5-9H2,1-4H3/b16-10+/t14-,15-,20-/m0/s1. The van der Waals surface area contributed by atoms with E-state index in [9.17, 15) is 9.59 Å². The van der Waals surface area contributed by atoms with Gasteiger partial charge in [0.1, 0.15) is 0 Å². The minimum atomic E-state index is -0.688. The van der Waals surface area contributed by atoms with Gasteiger partial charge >= 0.3 is 5.97 Å². The van der Waals surface area contributed by atoms with E-state index in [1.54, 1.807) is 24.3 Å². The van der Waals surface area contributed by atoms with E-state index in [0.717, 1.165) is 17.6 Å². The van der Waals surface area contributed by atoms with Crippen LogP contribution in [0.2, 0.25) is 0 Å². The number of hydrogen-bond acceptors (Lipinski definition) is 4. The fourth-order valence-corrected chi connectivity index (χ4v) is 5.20. The highest BCUT2D eigenvalue weighted by atomic mass is 16.7. The van der Waals surface area contributed by atoms with Gasteiger partial charge in [-0.25, -0.2) is 4.79 Å². The number of esters is 1. The predicted molar refractivity (Wildman–Crippen MR) is 93.3 cm³/mol. The molecule has 0 unspecified atom stereocenters. The van der Waals surface area contributed by atoms with Crippen molar-refractivity contribution in [3.8, 4) is 0 Å². The van der Waals surface area contributed by atoms with Crippen molar-refractivity contribution < 1.29 is 19.1 Å². The summed E-state index contributed by atoms with van der Waals surface area (Å²) in [6.45, 7) is 8.21. The Morgan fingerprint density at radius 2 is 1.92 bits per heavy atom. The van der Waals surface area contributed by atoms with E-state index in [0.29, 0.717) is 17.9 Å². The second-order valence-corrected chi connectivity index (χ2v) is 8.55. The molecule has 1 aliphatic heterocycles. The molecule has 25 heavy (non-hydrogen) atoms. The molecule has 0 aromatic rings. The maximum Gasteiger partial charge on any atom is 0.337 e. The van der Waals surface area contributed by atoms with Gasteiger partial charge in [0.25, 0.3) is 6.29 Å². The summed E-state index contributed by atoms with van der Waals surface area (Å²) in [5.41, 5.74) is 5.49. The van der Waals surface area contributed by atoms with Crippen LogP contribution in [0.3, 0.4) is 0 Å². The molecule has 4 rings (SSSR count). The highest BCUT2D eigenvalue weighted by molar-refractivity contribution is 5.99. The predicted octanol–water partition coefficient (Wildman–Crippen LogP) is 4.22. The largest absolute Gasteiger partial charge is 0.458 e. The minimum Gasteiger partial charge on any atom is -0.458 e. The molecular formula is C21H26O4. The number of carbonyl (C=O) groups is 2. The van der Waals surface area contributed by atoms with Crippen molar-refractivity contribution in [2.45, 2.75) is 66.1 Å². The summed E-state index contributed by atoms with van der Waals surface area (Å²) in [5.74, 6) is 0.441. The summed E-state index contributed by atoms with van der Waals surface area (Å²) in [7, 11) is 0. The molecule has 0 aromatic carbocycles. The van der Waals surface area contributed by atoms with E-state index in [2.05, 4.69) is 13.8 Å². The topological polar surface area (TPSA) is 52.6 Å². The van der Waals surface area contributed by atoms with Crippen LogP contribution in [0.5, 0.6) is 0 Å². The summed E-state index contributed by atoms with van der Waals surface area (Å²) in [6.07, 6.45) is 6.11. The van der Waals surface area contributed by atoms with Gasteiger partial charge in [-0.15, -0.1) is 0 Å². The molecule has 0 saturated heterocycles. The van der Waals surface area contributed by atoms with Crippen LogP contribution in [0.25, 0.3) is 0 Å². The van der Waals surface area contributed by atoms with Crippen molar-refractivity contribution in [1.82, 2.24) is 0 Å². The van der Waals surface area contributed by atoms with E-state index in [4.69, 9.17) is 9.47 Å². The molecule has 0 spiro atoms. The van der Waals surface area contributed by atoms with Crippen LogP contribution in [0, 0.1) is 17.3 Å². The summed E-state index contributed by atoms with van der Waals surface area (Å²) in [5, 5.41) is 0. The molecule has 1 saturated carbocycles. The lowest BCUT2D eigenvalue weighted by Gasteiger charge is -2.35. The second-order valence-electron chi connectivity index (χ2n) is 8.55. The third-order valence-electron chi connectivity index (χ3n) is 6.62. The highest BCUT2D eigenvalue weighted by Gasteiger charge is 2.50. The van der Waals surface area contributed by atoms with Crippen molar-refractivity contribution in [2.75, 3.05) is 0 Å². The zero-order valence-corrected chi connectivity index (χ0v) is 15.5. The lowest BCUT2D eigenvalue weighted by Crippen LogP contribution is -2.23. The first-order chi connectivity index (χ1) is 11.8. The molecule has 1 fully saturated rings. The number of ether oxygens (including phenoxy) is 2. The smallest absolute Gasteiger partial charge is 0.337 e. The Balaban J connectivity index is 1.56. The van der Waals surface area contributed by atoms with E-state index in [-0.39, 0.29) is 23.1 Å². The van der Waals surface area contributed by atoms with E-state index in [1.165, 1.54) is 19.3 Å². The second kappa shape index (κ2) is 5.58. The van der Waals surface area contributed by atoms with Crippen LogP contribution in [0.1, 0.15) is 59.8 Å². The highest BCUT2D eigenvalue weighted by Crippen LogP contribution is 2.58. The number of carbonyl (C=O) groups excluding carboxylic acids is 2. The molecule has 0 bridgehead atoms. The van der Waals surface area contributed by atoms with Gasteiger partial charge in [-0.05, 0) is 50.9 Å². The first-order valence-corrected chi connectivity index (χ1v) is 9.29. The number of cyclic esters (lactones) is 1. The fourth-order valence-electron chi connectivity index (χ4n) is 5.20. The number of ketones is 1. The van der Waals surface area contributed by atoms with Crippen LogP contribution in [0.15, 0.2) is 34.1 Å². The third-order valence-corrected chi connectivity index (χ3v) is 6.62. The Morgan fingerprint density at radius 3 is 2.60 bits per heavy atom. The van der Waals surface area contributed by atoms with E-state index < -0.39 is 6.29 Å². The molecule has 0 radical (unpaired) electrons. The van der Waals surface area contributed by atoms with Gasteiger partial charge in [0.05, 0.1) is 6.26 Å². The first-order valence-electron chi connectivity index (χ1n) is 9.29. The fraction of sp³-hybridized carbons (Fsp3) is 0.619. The van der Waals surface area contributed by atoms with E-state index >= 15 is 0 Å². The van der Waals surface area contributed by atoms with Crippen LogP contribution >= 0.6 is 0 Å². The average Bonchev–Trinajstić information content (AvgIpc) is 3.12. The molecule has 4 aliphatic rings. The summed E-state index contributed by atoms with van der Waals surface area (Å²) < 4.78 is 10.9. The van der Waals surface area contributed by atoms with Crippen molar-refractivity contribution >= 4 is 11.8 Å². The van der Waals surface area contributed by atoms with Crippen LogP contribution < -0.4 is 0 Å². The number of hydrogen-bond donors (Lipinski definition) is 0. The molecule has 0 amide bonds. The summed E-state index contributed by atoms with van der Waals surface area (Å²) in [6, 6.07) is 0. The van der Waals surface area contributed by atoms with E-state index in [1.807, 2.05) is 6.92 Å². The molecule has 1 heterocycles. The Bertz CT molecular complexity index is 750. The Morgan fingerprint density at radius 1 is 1.16 bits per heavy atom. The lowest BCUT2D eigenvalue weighted by molar-refractivity contribution is -0.153. The molecule has 0 aromatic heterocycles. The van der Waals surface area contributed by atoms with Crippen molar-refractivity contribution in [3.05, 3.63) is 34.1 Å². The van der Waals surface area contributed by atoms with Crippen LogP contribution in [-0.2, 0) is 19.1 Å². The minimum absolute atomic E-state index is 0.186. The molecule has 4 nitrogen and oxygen atoms in total. The van der Waals surface area contributed by atoms with Crippen LogP contribution in [0.4, 0.5) is 0 Å². The van der Waals surface area contributed by atoms with Gasteiger partial charge < -0.3 is 9.47 Å². The normalized spacial score (nSPS) is 35.4. The molecule has 3 atom stereocenters. The zero-order chi connectivity index (χ0) is 17.9. The quantitative estimate of drug-likeness (QED) is 0.326. The summed E-state index contributed by atoms with van der Waals surface area (Å²) in [4.78, 5) is 24.2. The van der Waals surface area contributed by atoms with Gasteiger partial charge in [0.15, 0.2) is 5.78 Å². The number of rotatable bonds is 2. The monoisotopic (exact) mass is 342 g/mol.